The fraction of sp³-hybridized carbons (Fsp3) is 0.440. The van der Waals surface area contributed by atoms with Gasteiger partial charge < -0.3 is 25.0 Å². The van der Waals surface area contributed by atoms with Gasteiger partial charge in [0.05, 0.1) is 24.8 Å². The normalized spacial score (nSPS) is 24.5. The lowest BCUT2D eigenvalue weighted by Gasteiger charge is -2.45. The third kappa shape index (κ3) is 4.46. The molecule has 0 bridgehead atoms. The Hall–Kier alpha value is -2.95. The van der Waals surface area contributed by atoms with E-state index in [0.29, 0.717) is 22.3 Å². The quantitative estimate of drug-likeness (QED) is 0.672. The van der Waals surface area contributed by atoms with Crippen molar-refractivity contribution in [2.75, 3.05) is 33.1 Å². The van der Waals surface area contributed by atoms with E-state index in [1.807, 2.05) is 12.1 Å². The Labute approximate surface area is 199 Å². The molecule has 1 aliphatic heterocycles. The van der Waals surface area contributed by atoms with Crippen LogP contribution in [-0.2, 0) is 5.41 Å². The number of nitriles is 1. The standard InChI is InChI=1S/C25H29ClN4O3/c1-30-11-10-25(17-5-7-21(32-2)22(12-17)33-3)9-8-19(14-23(25)30)29-24(31)28-18-6-4-16(15-27)20(26)13-18/h4-7,12-13,19,23H,8-11,14H2,1-3H3,(H2,28,29,31)/t19-,23+,25-/m0/s1. The Morgan fingerprint density at radius 2 is 1.97 bits per heavy atom. The molecule has 4 rings (SSSR count). The van der Waals surface area contributed by atoms with Crippen molar-refractivity contribution < 1.29 is 14.3 Å². The summed E-state index contributed by atoms with van der Waals surface area (Å²) in [7, 11) is 5.47. The summed E-state index contributed by atoms with van der Waals surface area (Å²) in [5.41, 5.74) is 2.24. The lowest BCUT2D eigenvalue weighted by atomic mass is 9.65. The van der Waals surface area contributed by atoms with Crippen LogP contribution in [0.25, 0.3) is 0 Å². The minimum Gasteiger partial charge on any atom is -0.493 e. The number of carbonyl (C=O) groups excluding carboxylic acids is 1. The molecule has 0 unspecified atom stereocenters. The Morgan fingerprint density at radius 3 is 2.67 bits per heavy atom. The zero-order valence-electron chi connectivity index (χ0n) is 19.2. The molecule has 7 nitrogen and oxygen atoms in total. The van der Waals surface area contributed by atoms with Crippen LogP contribution in [0.5, 0.6) is 11.5 Å². The molecule has 2 aromatic rings. The second-order valence-corrected chi connectivity index (χ2v) is 9.26. The van der Waals surface area contributed by atoms with Gasteiger partial charge in [0, 0.05) is 23.2 Å². The van der Waals surface area contributed by atoms with Crippen molar-refractivity contribution >= 4 is 23.3 Å². The van der Waals surface area contributed by atoms with E-state index in [1.54, 1.807) is 32.4 Å². The van der Waals surface area contributed by atoms with Gasteiger partial charge in [0.25, 0.3) is 0 Å². The third-order valence-electron chi connectivity index (χ3n) is 7.17. The maximum absolute atomic E-state index is 12.6. The van der Waals surface area contributed by atoms with Crippen molar-refractivity contribution in [3.05, 3.63) is 52.5 Å². The predicted octanol–water partition coefficient (Wildman–Crippen LogP) is 4.54. The number of anilines is 1. The molecule has 0 aromatic heterocycles. The maximum atomic E-state index is 12.6. The molecule has 33 heavy (non-hydrogen) atoms. The fourth-order valence-electron chi connectivity index (χ4n) is 5.43. The number of hydrogen-bond donors (Lipinski definition) is 2. The van der Waals surface area contributed by atoms with Crippen LogP contribution in [0.2, 0.25) is 5.02 Å². The van der Waals surface area contributed by atoms with Gasteiger partial charge in [-0.3, -0.25) is 0 Å². The lowest BCUT2D eigenvalue weighted by Crippen LogP contribution is -2.52. The molecule has 0 spiro atoms. The highest BCUT2D eigenvalue weighted by atomic mass is 35.5. The topological polar surface area (TPSA) is 86.6 Å². The van der Waals surface area contributed by atoms with E-state index in [9.17, 15) is 4.79 Å². The van der Waals surface area contributed by atoms with Crippen LogP contribution in [-0.4, -0.2) is 50.8 Å². The minimum atomic E-state index is -0.264. The summed E-state index contributed by atoms with van der Waals surface area (Å²) in [5.74, 6) is 1.48. The number of amides is 2. The number of rotatable bonds is 5. The largest absolute Gasteiger partial charge is 0.493 e. The molecule has 1 saturated heterocycles. The molecule has 174 valence electrons. The van der Waals surface area contributed by atoms with Crippen LogP contribution in [0.3, 0.4) is 0 Å². The van der Waals surface area contributed by atoms with Crippen molar-refractivity contribution in [2.45, 2.75) is 43.2 Å². The number of nitrogens with zero attached hydrogens (tertiary/aromatic N) is 2. The summed E-state index contributed by atoms with van der Waals surface area (Å²) >= 11 is 6.08. The molecule has 1 heterocycles. The first-order chi connectivity index (χ1) is 15.9. The number of halogens is 1. The summed E-state index contributed by atoms with van der Waals surface area (Å²) in [6.07, 6.45) is 3.81. The first kappa shape index (κ1) is 23.2. The Bertz CT molecular complexity index is 1090. The number of benzene rings is 2. The second kappa shape index (κ2) is 9.50. The first-order valence-corrected chi connectivity index (χ1v) is 11.5. The maximum Gasteiger partial charge on any atom is 0.319 e. The molecule has 2 N–H and O–H groups in total. The molecule has 1 aliphatic carbocycles. The van der Waals surface area contributed by atoms with Crippen molar-refractivity contribution in [2.24, 2.45) is 0 Å². The van der Waals surface area contributed by atoms with Gasteiger partial charge in [0.2, 0.25) is 0 Å². The van der Waals surface area contributed by atoms with Gasteiger partial charge >= 0.3 is 6.03 Å². The van der Waals surface area contributed by atoms with Crippen LogP contribution in [0, 0.1) is 11.3 Å². The SMILES string of the molecule is COc1ccc([C@@]23CC[C@H](NC(=O)Nc4ccc(C#N)c(Cl)c4)C[C@H]2N(C)CC3)cc1OC. The van der Waals surface area contributed by atoms with Gasteiger partial charge in [0.1, 0.15) is 6.07 Å². The lowest BCUT2D eigenvalue weighted by molar-refractivity contribution is 0.156. The molecular weight excluding hydrogens is 440 g/mol. The number of nitrogens with one attached hydrogen (secondary N) is 2. The van der Waals surface area contributed by atoms with Crippen LogP contribution >= 0.6 is 11.6 Å². The highest BCUT2D eigenvalue weighted by Gasteiger charge is 2.50. The summed E-state index contributed by atoms with van der Waals surface area (Å²) in [5, 5.41) is 15.3. The van der Waals surface area contributed by atoms with Gasteiger partial charge in [0.15, 0.2) is 11.5 Å². The average Bonchev–Trinajstić information content (AvgIpc) is 3.15. The predicted molar refractivity (Wildman–Crippen MR) is 128 cm³/mol. The first-order valence-electron chi connectivity index (χ1n) is 11.1. The molecule has 2 aliphatic rings. The highest BCUT2D eigenvalue weighted by molar-refractivity contribution is 6.32. The van der Waals surface area contributed by atoms with Gasteiger partial charge in [-0.2, -0.15) is 5.26 Å². The van der Waals surface area contributed by atoms with Crippen LogP contribution in [0.4, 0.5) is 10.5 Å². The van der Waals surface area contributed by atoms with Crippen LogP contribution < -0.4 is 20.1 Å². The molecule has 2 amide bonds. The Balaban J connectivity index is 1.46. The zero-order chi connectivity index (χ0) is 23.6. The molecule has 8 heteroatoms. The fourth-order valence-corrected chi connectivity index (χ4v) is 5.65. The molecular formula is C25H29ClN4O3. The van der Waals surface area contributed by atoms with Crippen LogP contribution in [0.15, 0.2) is 36.4 Å². The Kier molecular flexibility index (Phi) is 6.68. The average molecular weight is 469 g/mol. The molecule has 2 fully saturated rings. The second-order valence-electron chi connectivity index (χ2n) is 8.85. The summed E-state index contributed by atoms with van der Waals surface area (Å²) in [6.45, 7) is 1.02. The van der Waals surface area contributed by atoms with Gasteiger partial charge in [-0.05, 0) is 75.2 Å². The monoisotopic (exact) mass is 468 g/mol. The van der Waals surface area contributed by atoms with E-state index in [0.717, 1.165) is 43.7 Å². The summed E-state index contributed by atoms with van der Waals surface area (Å²) in [6, 6.07) is 13.3. The number of urea groups is 1. The van der Waals surface area contributed by atoms with E-state index in [1.165, 1.54) is 5.56 Å². The van der Waals surface area contributed by atoms with Crippen molar-refractivity contribution in [3.63, 3.8) is 0 Å². The Morgan fingerprint density at radius 1 is 1.18 bits per heavy atom. The number of fused-ring (bicyclic) bond motifs is 1. The number of hydrogen-bond acceptors (Lipinski definition) is 5. The van der Waals surface area contributed by atoms with Crippen molar-refractivity contribution in [1.82, 2.24) is 10.2 Å². The van der Waals surface area contributed by atoms with Crippen molar-refractivity contribution in [1.29, 1.82) is 5.26 Å². The van der Waals surface area contributed by atoms with Gasteiger partial charge in [-0.15, -0.1) is 0 Å². The van der Waals surface area contributed by atoms with E-state index in [2.05, 4.69) is 34.7 Å². The van der Waals surface area contributed by atoms with E-state index in [4.69, 9.17) is 26.3 Å². The summed E-state index contributed by atoms with van der Waals surface area (Å²) < 4.78 is 11.0. The third-order valence-corrected chi connectivity index (χ3v) is 7.48. The zero-order valence-corrected chi connectivity index (χ0v) is 19.9. The minimum absolute atomic E-state index is 0.0314. The highest BCUT2D eigenvalue weighted by Crippen LogP contribution is 2.49. The van der Waals surface area contributed by atoms with E-state index < -0.39 is 0 Å². The number of likely N-dealkylation sites (tertiary alicyclic amines) is 1. The van der Waals surface area contributed by atoms with E-state index in [-0.39, 0.29) is 17.5 Å². The number of likely N-dealkylation sites (N-methyl/N-ethyl adjacent to an activating group) is 1. The van der Waals surface area contributed by atoms with Crippen molar-refractivity contribution in [3.8, 4) is 17.6 Å². The smallest absolute Gasteiger partial charge is 0.319 e. The van der Waals surface area contributed by atoms with Gasteiger partial charge in [-0.1, -0.05) is 17.7 Å². The summed E-state index contributed by atoms with van der Waals surface area (Å²) in [4.78, 5) is 15.1. The molecule has 1 saturated carbocycles. The number of ether oxygens (including phenoxy) is 2. The number of carbonyl (C=O) groups is 1. The van der Waals surface area contributed by atoms with E-state index >= 15 is 0 Å². The molecule has 0 radical (unpaired) electrons. The van der Waals surface area contributed by atoms with Crippen LogP contribution in [0.1, 0.15) is 36.8 Å². The molecule has 3 atom stereocenters. The van der Waals surface area contributed by atoms with Gasteiger partial charge in [-0.25, -0.2) is 4.79 Å². The molecule has 2 aromatic carbocycles. The number of methoxy groups -OCH3 is 2.